The smallest absolute Gasteiger partial charge is 0.421 e. The number of benzene rings is 2. The van der Waals surface area contributed by atoms with Crippen molar-refractivity contribution in [3.05, 3.63) is 63.3 Å². The van der Waals surface area contributed by atoms with Gasteiger partial charge in [-0.1, -0.05) is 29.6 Å². The molecule has 37 heavy (non-hydrogen) atoms. The second kappa shape index (κ2) is 9.93. The van der Waals surface area contributed by atoms with Crippen molar-refractivity contribution in [2.24, 2.45) is 0 Å². The largest absolute Gasteiger partial charge is 0.810 e. The van der Waals surface area contributed by atoms with Gasteiger partial charge in [0.05, 0.1) is 24.0 Å². The summed E-state index contributed by atoms with van der Waals surface area (Å²) in [6, 6.07) is 7.14. The molecule has 0 aliphatic carbocycles. The van der Waals surface area contributed by atoms with Crippen LogP contribution in [0.1, 0.15) is 27.0 Å². The maximum absolute atomic E-state index is 13.8. The molecule has 0 spiro atoms. The molecule has 1 aliphatic heterocycles. The van der Waals surface area contributed by atoms with Gasteiger partial charge in [-0.2, -0.15) is 18.2 Å². The number of alkyl halides is 3. The van der Waals surface area contributed by atoms with Crippen LogP contribution in [0, 0.1) is 0 Å². The summed E-state index contributed by atoms with van der Waals surface area (Å²) in [7, 11) is -1.95. The highest BCUT2D eigenvalue weighted by Crippen LogP contribution is 2.40. The van der Waals surface area contributed by atoms with Gasteiger partial charge in [0.25, 0.3) is 5.91 Å². The van der Waals surface area contributed by atoms with E-state index in [1.165, 1.54) is 36.3 Å². The summed E-state index contributed by atoms with van der Waals surface area (Å²) in [6.45, 7) is 0.289. The van der Waals surface area contributed by atoms with E-state index in [-0.39, 0.29) is 46.7 Å². The molecule has 0 bridgehead atoms. The Morgan fingerprint density at radius 3 is 2.54 bits per heavy atom. The summed E-state index contributed by atoms with van der Waals surface area (Å²) >= 11 is 3.37. The van der Waals surface area contributed by atoms with E-state index in [1.54, 1.807) is 13.1 Å². The van der Waals surface area contributed by atoms with Crippen molar-refractivity contribution in [2.45, 2.75) is 18.9 Å². The lowest BCUT2D eigenvalue weighted by Gasteiger charge is -2.29. The number of fused-ring (bicyclic) bond motifs is 1. The van der Waals surface area contributed by atoms with Crippen LogP contribution >= 0.6 is 23.5 Å². The van der Waals surface area contributed by atoms with Gasteiger partial charge in [0, 0.05) is 36.0 Å². The minimum atomic E-state index is -4.82. The molecule has 4 rings (SSSR count). The van der Waals surface area contributed by atoms with Crippen molar-refractivity contribution in [1.82, 2.24) is 14.9 Å². The number of hydrogen-bond acceptors (Lipinski definition) is 9. The Labute approximate surface area is 217 Å². The molecule has 0 saturated carbocycles. The third-order valence-corrected chi connectivity index (χ3v) is 6.94. The van der Waals surface area contributed by atoms with Gasteiger partial charge in [0.1, 0.15) is 17.1 Å². The van der Waals surface area contributed by atoms with Gasteiger partial charge < -0.3 is 34.6 Å². The van der Waals surface area contributed by atoms with E-state index in [2.05, 4.69) is 36.5 Å². The molecule has 196 valence electrons. The lowest BCUT2D eigenvalue weighted by Crippen LogP contribution is -2.18. The van der Waals surface area contributed by atoms with Gasteiger partial charge in [-0.25, -0.2) is 4.98 Å². The van der Waals surface area contributed by atoms with Gasteiger partial charge in [0.15, 0.2) is 0 Å². The number of carbonyl (C=O) groups is 1. The van der Waals surface area contributed by atoms with E-state index < -0.39 is 31.3 Å². The first-order valence-electron chi connectivity index (χ1n) is 10.5. The fraction of sp³-hybridized carbons (Fsp3) is 0.227. The molecule has 15 heteroatoms. The van der Waals surface area contributed by atoms with Gasteiger partial charge in [-0.05, 0) is 29.8 Å². The average Bonchev–Trinajstić information content (AvgIpc) is 3.10. The number of nitrogens with zero attached hydrogens (tertiary/aromatic N) is 3. The number of hydrogen-bond donors (Lipinski definition) is 2. The highest BCUT2D eigenvalue weighted by molar-refractivity contribution is 9.10. The highest BCUT2D eigenvalue weighted by Gasteiger charge is 2.36. The van der Waals surface area contributed by atoms with Gasteiger partial charge in [-0.15, -0.1) is 0 Å². The molecule has 0 atom stereocenters. The Balaban J connectivity index is 1.71. The molecule has 2 aromatic carbocycles. The van der Waals surface area contributed by atoms with Gasteiger partial charge in [-0.3, -0.25) is 4.79 Å². The first kappa shape index (κ1) is 26.9. The van der Waals surface area contributed by atoms with Crippen LogP contribution in [0.5, 0.6) is 5.75 Å². The zero-order valence-corrected chi connectivity index (χ0v) is 21.7. The van der Waals surface area contributed by atoms with Crippen LogP contribution in [-0.4, -0.2) is 34.9 Å². The maximum Gasteiger partial charge on any atom is 0.421 e. The minimum absolute atomic E-state index is 0.114. The average molecular weight is 600 g/mol. The normalized spacial score (nSPS) is 13.5. The Hall–Kier alpha value is -3.19. The van der Waals surface area contributed by atoms with Crippen molar-refractivity contribution in [3.8, 4) is 5.75 Å². The summed E-state index contributed by atoms with van der Waals surface area (Å²) < 4.78 is 58.2. The Kier molecular flexibility index (Phi) is 7.21. The van der Waals surface area contributed by atoms with E-state index >= 15 is 0 Å². The van der Waals surface area contributed by atoms with Crippen LogP contribution < -0.4 is 25.2 Å². The molecule has 1 aliphatic rings. The molecule has 1 aromatic heterocycles. The lowest BCUT2D eigenvalue weighted by atomic mass is 10.1. The molecule has 2 heterocycles. The number of anilines is 4. The molecule has 0 saturated heterocycles. The SMILES string of the molecule is COc1cc(CP(=O)([O-])[O-])ccc1Nc1ncc(C(F)(F)F)c(Nc2ccc(Br)c3c2C(=O)N(C)C3)n1. The molecule has 10 nitrogen and oxygen atoms in total. The number of halogens is 4. The number of amides is 1. The standard InChI is InChI=1S/C22H20BrF3N5O5P/c1-31-9-12-14(23)4-6-16(18(12)20(31)32)28-19-13(22(24,25)26)8-27-21(30-19)29-15-5-3-11(7-17(15)36-2)10-37(33,34)35/h3-8H,9-10H2,1-2H3,(H2,33,34,35)(H2,27,28,29,30)/p-2. The zero-order valence-electron chi connectivity index (χ0n) is 19.2. The zero-order chi connectivity index (χ0) is 27.1. The fourth-order valence-corrected chi connectivity index (χ4v) is 4.88. The summed E-state index contributed by atoms with van der Waals surface area (Å²) in [6.07, 6.45) is -4.94. The van der Waals surface area contributed by atoms with Crippen LogP contribution in [0.15, 0.2) is 41.0 Å². The van der Waals surface area contributed by atoms with Gasteiger partial charge in [0.2, 0.25) is 5.95 Å². The number of rotatable bonds is 7. The van der Waals surface area contributed by atoms with Crippen molar-refractivity contribution in [3.63, 3.8) is 0 Å². The van der Waals surface area contributed by atoms with Crippen LogP contribution in [-0.2, 0) is 23.4 Å². The quantitative estimate of drug-likeness (QED) is 0.388. The maximum atomic E-state index is 13.8. The Morgan fingerprint density at radius 2 is 1.89 bits per heavy atom. The molecular formula is C22H18BrF3N5O5P-2. The second-order valence-electron chi connectivity index (χ2n) is 8.12. The third kappa shape index (κ3) is 5.87. The van der Waals surface area contributed by atoms with Crippen LogP contribution in [0.25, 0.3) is 0 Å². The first-order valence-corrected chi connectivity index (χ1v) is 13.0. The highest BCUT2D eigenvalue weighted by atomic mass is 79.9. The van der Waals surface area contributed by atoms with Crippen molar-refractivity contribution < 1.29 is 37.1 Å². The summed E-state index contributed by atoms with van der Waals surface area (Å²) in [5, 5.41) is 5.37. The molecular weight excluding hydrogens is 582 g/mol. The topological polar surface area (TPSA) is 143 Å². The lowest BCUT2D eigenvalue weighted by molar-refractivity contribution is -0.314. The molecule has 2 N–H and O–H groups in total. The van der Waals surface area contributed by atoms with E-state index in [0.29, 0.717) is 16.2 Å². The fourth-order valence-electron chi connectivity index (χ4n) is 3.78. The van der Waals surface area contributed by atoms with E-state index in [1.807, 2.05) is 0 Å². The van der Waals surface area contributed by atoms with Crippen LogP contribution in [0.3, 0.4) is 0 Å². The van der Waals surface area contributed by atoms with Crippen molar-refractivity contribution >= 4 is 52.6 Å². The Bertz CT molecular complexity index is 1430. The number of nitrogens with one attached hydrogen (secondary N) is 2. The van der Waals surface area contributed by atoms with E-state index in [0.717, 1.165) is 0 Å². The summed E-state index contributed by atoms with van der Waals surface area (Å²) in [5.41, 5.74) is 0.227. The molecule has 0 fully saturated rings. The van der Waals surface area contributed by atoms with E-state index in [4.69, 9.17) is 4.74 Å². The minimum Gasteiger partial charge on any atom is -0.810 e. The number of methoxy groups -OCH3 is 1. The van der Waals surface area contributed by atoms with Gasteiger partial charge >= 0.3 is 6.18 Å². The predicted octanol–water partition coefficient (Wildman–Crippen LogP) is 3.75. The van der Waals surface area contributed by atoms with Crippen LogP contribution in [0.4, 0.5) is 36.3 Å². The van der Waals surface area contributed by atoms with Crippen LogP contribution in [0.2, 0.25) is 0 Å². The monoisotopic (exact) mass is 599 g/mol. The molecule has 0 unspecified atom stereocenters. The number of carbonyl (C=O) groups excluding carboxylic acids is 1. The Morgan fingerprint density at radius 1 is 1.19 bits per heavy atom. The number of ether oxygens (including phenoxy) is 1. The molecule has 1 amide bonds. The predicted molar refractivity (Wildman–Crippen MR) is 128 cm³/mol. The molecule has 3 aromatic rings. The van der Waals surface area contributed by atoms with E-state index in [9.17, 15) is 32.3 Å². The molecule has 0 radical (unpaired) electrons. The van der Waals surface area contributed by atoms with Crippen molar-refractivity contribution in [2.75, 3.05) is 24.8 Å². The first-order chi connectivity index (χ1) is 17.3. The second-order valence-corrected chi connectivity index (χ2v) is 10.5. The summed E-state index contributed by atoms with van der Waals surface area (Å²) in [4.78, 5) is 44.0. The third-order valence-electron chi connectivity index (χ3n) is 5.45. The number of aromatic nitrogens is 2. The summed E-state index contributed by atoms with van der Waals surface area (Å²) in [5.74, 6) is -1.07. The van der Waals surface area contributed by atoms with Crippen molar-refractivity contribution in [1.29, 1.82) is 0 Å².